The molecule has 1 atom stereocenters. The van der Waals surface area contributed by atoms with E-state index < -0.39 is 12.0 Å². The van der Waals surface area contributed by atoms with Crippen molar-refractivity contribution in [2.45, 2.75) is 19.9 Å². The number of ether oxygens (including phenoxy) is 4. The van der Waals surface area contributed by atoms with Crippen molar-refractivity contribution in [3.63, 3.8) is 0 Å². The number of rotatable bonds is 10. The van der Waals surface area contributed by atoms with Gasteiger partial charge in [-0.05, 0) is 77.9 Å². The summed E-state index contributed by atoms with van der Waals surface area (Å²) in [5.41, 5.74) is 1.50. The van der Waals surface area contributed by atoms with E-state index in [2.05, 4.69) is 34.2 Å². The molecule has 0 radical (unpaired) electrons. The van der Waals surface area contributed by atoms with Crippen LogP contribution in [0.15, 0.2) is 70.6 Å². The fraction of sp³-hybridized carbons (Fsp3) is 0.250. The highest BCUT2D eigenvalue weighted by atomic mass is 127. The van der Waals surface area contributed by atoms with E-state index in [9.17, 15) is 9.59 Å². The first-order valence-electron chi connectivity index (χ1n) is 11.9. The summed E-state index contributed by atoms with van der Waals surface area (Å²) in [6, 6.07) is 10.3. The molecule has 0 fully saturated rings. The van der Waals surface area contributed by atoms with E-state index in [0.717, 1.165) is 14.9 Å². The van der Waals surface area contributed by atoms with E-state index in [1.807, 2.05) is 44.2 Å². The number of carbonyl (C=O) groups is 1. The molecule has 1 aromatic heterocycles. The zero-order valence-electron chi connectivity index (χ0n) is 21.2. The lowest BCUT2D eigenvalue weighted by atomic mass is 9.97. The monoisotopic (exact) mass is 646 g/mol. The highest BCUT2D eigenvalue weighted by Crippen LogP contribution is 2.35. The zero-order valence-corrected chi connectivity index (χ0v) is 24.2. The smallest absolute Gasteiger partial charge is 0.337 e. The number of benzene rings is 2. The number of hydrogen-bond donors (Lipinski definition) is 0. The summed E-state index contributed by atoms with van der Waals surface area (Å²) in [5, 5.41) is 0. The van der Waals surface area contributed by atoms with Crippen molar-refractivity contribution in [3.05, 3.63) is 95.2 Å². The number of methoxy groups -OCH3 is 1. The van der Waals surface area contributed by atoms with E-state index in [-0.39, 0.29) is 11.1 Å². The van der Waals surface area contributed by atoms with Gasteiger partial charge in [0, 0.05) is 6.20 Å². The first kappa shape index (κ1) is 27.6. The van der Waals surface area contributed by atoms with Crippen LogP contribution in [0.3, 0.4) is 0 Å². The third-order valence-corrected chi connectivity index (χ3v) is 7.46. The Morgan fingerprint density at radius 1 is 1.11 bits per heavy atom. The van der Waals surface area contributed by atoms with Crippen LogP contribution in [0.5, 0.6) is 17.2 Å². The molecule has 0 saturated heterocycles. The SMILES string of the molecule is C=CCOc1ccc(/C=c2\sc3n(c2=O)[C@@H](c2ccc(OCC)c(OCC)c2)C(C(=O)OC)=CN=3)cc1I. The zero-order chi connectivity index (χ0) is 27.2. The molecule has 0 aliphatic carbocycles. The lowest BCUT2D eigenvalue weighted by Gasteiger charge is -2.23. The largest absolute Gasteiger partial charge is 0.490 e. The Hall–Kier alpha value is -3.38. The minimum absolute atomic E-state index is 0.247. The summed E-state index contributed by atoms with van der Waals surface area (Å²) >= 11 is 3.45. The lowest BCUT2D eigenvalue weighted by Crippen LogP contribution is -2.39. The van der Waals surface area contributed by atoms with Crippen LogP contribution in [0.2, 0.25) is 0 Å². The third-order valence-electron chi connectivity index (χ3n) is 5.62. The van der Waals surface area contributed by atoms with Crippen LogP contribution < -0.4 is 29.1 Å². The fourth-order valence-corrected chi connectivity index (χ4v) is 5.68. The van der Waals surface area contributed by atoms with Crippen LogP contribution in [-0.4, -0.2) is 37.5 Å². The van der Waals surface area contributed by atoms with Crippen molar-refractivity contribution in [2.24, 2.45) is 4.99 Å². The third kappa shape index (κ3) is 5.70. The molecule has 0 spiro atoms. The highest BCUT2D eigenvalue weighted by Gasteiger charge is 2.31. The Labute approximate surface area is 237 Å². The first-order chi connectivity index (χ1) is 18.4. The second kappa shape index (κ2) is 12.4. The molecule has 0 unspecified atom stereocenters. The van der Waals surface area contributed by atoms with Crippen LogP contribution >= 0.6 is 33.9 Å². The summed E-state index contributed by atoms with van der Waals surface area (Å²) in [6.07, 6.45) is 4.97. The van der Waals surface area contributed by atoms with Crippen LogP contribution in [0, 0.1) is 3.57 Å². The van der Waals surface area contributed by atoms with Crippen molar-refractivity contribution in [3.8, 4) is 17.2 Å². The predicted octanol–water partition coefficient (Wildman–Crippen LogP) is 3.98. The molecule has 0 N–H and O–H groups in total. The van der Waals surface area contributed by atoms with Crippen molar-refractivity contribution >= 4 is 46.0 Å². The normalized spacial score (nSPS) is 14.7. The van der Waals surface area contributed by atoms with E-state index in [1.165, 1.54) is 29.2 Å². The number of thiazole rings is 1. The molecule has 1 aliphatic heterocycles. The second-order valence-corrected chi connectivity index (χ2v) is 10.2. The van der Waals surface area contributed by atoms with Gasteiger partial charge in [-0.15, -0.1) is 0 Å². The van der Waals surface area contributed by atoms with Crippen LogP contribution in [0.4, 0.5) is 0 Å². The molecular weight excluding hydrogens is 619 g/mol. The van der Waals surface area contributed by atoms with Crippen molar-refractivity contribution in [1.29, 1.82) is 0 Å². The fourth-order valence-electron chi connectivity index (χ4n) is 4.01. The van der Waals surface area contributed by atoms with Gasteiger partial charge in [0.05, 0.1) is 40.0 Å². The Morgan fingerprint density at radius 3 is 2.53 bits per heavy atom. The average molecular weight is 647 g/mol. The van der Waals surface area contributed by atoms with Gasteiger partial charge in [0.1, 0.15) is 12.4 Å². The van der Waals surface area contributed by atoms with E-state index in [1.54, 1.807) is 18.2 Å². The maximum Gasteiger partial charge on any atom is 0.337 e. The summed E-state index contributed by atoms with van der Waals surface area (Å²) in [6.45, 7) is 8.76. The minimum Gasteiger partial charge on any atom is -0.490 e. The Balaban J connectivity index is 1.84. The van der Waals surface area contributed by atoms with Crippen molar-refractivity contribution < 1.29 is 23.7 Å². The number of nitrogens with zero attached hydrogens (tertiary/aromatic N) is 2. The molecule has 0 bridgehead atoms. The van der Waals surface area contributed by atoms with Gasteiger partial charge in [-0.25, -0.2) is 9.79 Å². The molecule has 0 saturated carbocycles. The first-order valence-corrected chi connectivity index (χ1v) is 13.8. The van der Waals surface area contributed by atoms with Crippen LogP contribution in [0.1, 0.15) is 31.0 Å². The summed E-state index contributed by atoms with van der Waals surface area (Å²) in [5.74, 6) is 1.30. The molecule has 4 rings (SSSR count). The van der Waals surface area contributed by atoms with Gasteiger partial charge >= 0.3 is 5.97 Å². The number of esters is 1. The minimum atomic E-state index is -0.745. The Kier molecular flexibility index (Phi) is 9.05. The van der Waals surface area contributed by atoms with Gasteiger partial charge in [0.2, 0.25) is 0 Å². The molecule has 2 heterocycles. The highest BCUT2D eigenvalue weighted by molar-refractivity contribution is 14.1. The summed E-state index contributed by atoms with van der Waals surface area (Å²) in [4.78, 5) is 31.4. The number of aromatic nitrogens is 1. The van der Waals surface area contributed by atoms with Gasteiger partial charge in [-0.3, -0.25) is 9.36 Å². The number of fused-ring (bicyclic) bond motifs is 1. The average Bonchev–Trinajstić information content (AvgIpc) is 3.23. The predicted molar refractivity (Wildman–Crippen MR) is 155 cm³/mol. The lowest BCUT2D eigenvalue weighted by molar-refractivity contribution is -0.136. The molecule has 0 amide bonds. The standard InChI is InChI=1S/C28H27IN2O6S/c1-5-12-37-21-10-8-17(13-20(21)29)14-24-26(32)31-25(19(27(33)34-4)16-30-28(31)38-24)18-9-11-22(35-6-2)23(15-18)36-7-3/h5,8-11,13-16,25H,1,6-7,12H2,2-4H3/b24-14-/t25-/m0/s1. The topological polar surface area (TPSA) is 88.3 Å². The molecule has 10 heteroatoms. The molecule has 38 heavy (non-hydrogen) atoms. The number of halogens is 1. The van der Waals surface area contributed by atoms with Crippen molar-refractivity contribution in [1.82, 2.24) is 4.57 Å². The maximum absolute atomic E-state index is 13.7. The van der Waals surface area contributed by atoms with E-state index in [4.69, 9.17) is 18.9 Å². The quantitative estimate of drug-likeness (QED) is 0.188. The summed E-state index contributed by atoms with van der Waals surface area (Å²) in [7, 11) is 1.30. The van der Waals surface area contributed by atoms with Gasteiger partial charge in [0.15, 0.2) is 16.3 Å². The molecule has 3 aromatic rings. The molecular formula is C28H27IN2O6S. The summed E-state index contributed by atoms with van der Waals surface area (Å²) < 4.78 is 25.1. The van der Waals surface area contributed by atoms with Gasteiger partial charge in [0.25, 0.3) is 5.56 Å². The van der Waals surface area contributed by atoms with Crippen LogP contribution in [-0.2, 0) is 9.53 Å². The van der Waals surface area contributed by atoms with Crippen LogP contribution in [0.25, 0.3) is 6.08 Å². The number of hydrogen-bond acceptors (Lipinski definition) is 8. The molecule has 8 nitrogen and oxygen atoms in total. The van der Waals surface area contributed by atoms with Crippen molar-refractivity contribution in [2.75, 3.05) is 26.9 Å². The molecule has 2 aromatic carbocycles. The molecule has 198 valence electrons. The Bertz CT molecular complexity index is 1570. The number of carbonyl (C=O) groups excluding carboxylic acids is 1. The van der Waals surface area contributed by atoms with Gasteiger partial charge in [-0.1, -0.05) is 36.1 Å². The van der Waals surface area contributed by atoms with Gasteiger partial charge in [-0.2, -0.15) is 0 Å². The van der Waals surface area contributed by atoms with Gasteiger partial charge < -0.3 is 18.9 Å². The second-order valence-electron chi connectivity index (χ2n) is 8.04. The Morgan fingerprint density at radius 2 is 1.84 bits per heavy atom. The van der Waals surface area contributed by atoms with E-state index in [0.29, 0.717) is 46.2 Å². The molecule has 1 aliphatic rings. The van der Waals surface area contributed by atoms with E-state index >= 15 is 0 Å². The maximum atomic E-state index is 13.7.